The first kappa shape index (κ1) is 20.9. The smallest absolute Gasteiger partial charge is 0.303 e. The van der Waals surface area contributed by atoms with E-state index in [0.717, 1.165) is 16.9 Å². The topological polar surface area (TPSA) is 97.3 Å². The van der Waals surface area contributed by atoms with E-state index in [9.17, 15) is 9.59 Å². The summed E-state index contributed by atoms with van der Waals surface area (Å²) in [5.74, 6) is -0.672. The highest BCUT2D eigenvalue weighted by atomic mass is 16.4. The van der Waals surface area contributed by atoms with E-state index in [-0.39, 0.29) is 18.7 Å². The quantitative estimate of drug-likeness (QED) is 0.531. The molecule has 0 bridgehead atoms. The number of carboxylic acids is 1. The second-order valence-corrected chi connectivity index (χ2v) is 7.22. The first-order chi connectivity index (χ1) is 15.6. The minimum absolute atomic E-state index is 0.0661. The van der Waals surface area contributed by atoms with Gasteiger partial charge in [-0.2, -0.15) is 5.10 Å². The lowest BCUT2D eigenvalue weighted by Gasteiger charge is -2.36. The summed E-state index contributed by atoms with van der Waals surface area (Å²) in [5, 5.41) is 20.1. The number of anilines is 3. The number of hydrazine groups is 1. The maximum absolute atomic E-state index is 11.9. The van der Waals surface area contributed by atoms with Crippen LogP contribution in [-0.4, -0.2) is 29.5 Å². The highest BCUT2D eigenvalue weighted by molar-refractivity contribution is 6.01. The SMILES string of the molecule is O=C(O)CCC(=O)Nc1ccc(C2=NN(c3ccccc3)CN(c3ccccc3)N2)cc1. The predicted octanol–water partition coefficient (Wildman–Crippen LogP) is 3.64. The number of amides is 1. The van der Waals surface area contributed by atoms with Gasteiger partial charge in [-0.3, -0.25) is 20.0 Å². The third-order valence-corrected chi connectivity index (χ3v) is 4.87. The van der Waals surface area contributed by atoms with E-state index in [1.165, 1.54) is 0 Å². The lowest BCUT2D eigenvalue weighted by Crippen LogP contribution is -2.53. The average Bonchev–Trinajstić information content (AvgIpc) is 2.84. The lowest BCUT2D eigenvalue weighted by molar-refractivity contribution is -0.138. The van der Waals surface area contributed by atoms with Crippen LogP contribution >= 0.6 is 0 Å². The lowest BCUT2D eigenvalue weighted by atomic mass is 10.2. The molecule has 0 aliphatic carbocycles. The average molecular weight is 429 g/mol. The number of carbonyl (C=O) groups is 2. The third-order valence-electron chi connectivity index (χ3n) is 4.87. The van der Waals surface area contributed by atoms with Crippen LogP contribution in [0, 0.1) is 0 Å². The fourth-order valence-corrected chi connectivity index (χ4v) is 3.24. The maximum Gasteiger partial charge on any atom is 0.303 e. The highest BCUT2D eigenvalue weighted by Crippen LogP contribution is 2.22. The summed E-state index contributed by atoms with van der Waals surface area (Å²) in [7, 11) is 0. The fraction of sp³-hybridized carbons (Fsp3) is 0.125. The molecular weight excluding hydrogens is 406 g/mol. The van der Waals surface area contributed by atoms with E-state index in [4.69, 9.17) is 10.2 Å². The summed E-state index contributed by atoms with van der Waals surface area (Å²) in [6, 6.07) is 27.2. The van der Waals surface area contributed by atoms with Crippen molar-refractivity contribution in [3.05, 3.63) is 90.5 Å². The number of rotatable bonds is 7. The van der Waals surface area contributed by atoms with Crippen LogP contribution in [0.1, 0.15) is 18.4 Å². The molecule has 3 aromatic carbocycles. The summed E-state index contributed by atoms with van der Waals surface area (Å²) >= 11 is 0. The van der Waals surface area contributed by atoms with E-state index in [1.54, 1.807) is 12.1 Å². The van der Waals surface area contributed by atoms with Crippen molar-refractivity contribution in [2.45, 2.75) is 12.8 Å². The van der Waals surface area contributed by atoms with Gasteiger partial charge in [-0.25, -0.2) is 5.01 Å². The molecule has 0 unspecified atom stereocenters. The number of carboxylic acid groups (broad SMARTS) is 1. The number of nitrogens with one attached hydrogen (secondary N) is 2. The van der Waals surface area contributed by atoms with Crippen LogP contribution in [-0.2, 0) is 9.59 Å². The first-order valence-electron chi connectivity index (χ1n) is 10.2. The van der Waals surface area contributed by atoms with Gasteiger partial charge in [-0.05, 0) is 48.5 Å². The number of para-hydroxylation sites is 2. The molecule has 3 N–H and O–H groups in total. The Hall–Kier alpha value is -4.33. The number of aliphatic carboxylic acids is 1. The molecule has 8 nitrogen and oxygen atoms in total. The number of hydrogen-bond acceptors (Lipinski definition) is 6. The van der Waals surface area contributed by atoms with Gasteiger partial charge in [-0.15, -0.1) is 0 Å². The Morgan fingerprint density at radius 3 is 2.12 bits per heavy atom. The van der Waals surface area contributed by atoms with Crippen molar-refractivity contribution in [2.75, 3.05) is 22.0 Å². The van der Waals surface area contributed by atoms with Crippen molar-refractivity contribution in [1.29, 1.82) is 0 Å². The zero-order valence-electron chi connectivity index (χ0n) is 17.3. The number of amidine groups is 1. The normalized spacial score (nSPS) is 13.2. The number of carbonyl (C=O) groups excluding carboxylic acids is 1. The summed E-state index contributed by atoms with van der Waals surface area (Å²) in [6.45, 7) is 0.523. The molecule has 0 aromatic heterocycles. The van der Waals surface area contributed by atoms with Gasteiger partial charge in [0.2, 0.25) is 5.91 Å². The van der Waals surface area contributed by atoms with Crippen molar-refractivity contribution >= 4 is 34.8 Å². The van der Waals surface area contributed by atoms with Crippen molar-refractivity contribution in [3.8, 4) is 0 Å². The molecular formula is C24H23N5O3. The van der Waals surface area contributed by atoms with Gasteiger partial charge in [0.25, 0.3) is 0 Å². The third kappa shape index (κ3) is 5.23. The zero-order chi connectivity index (χ0) is 22.3. The van der Waals surface area contributed by atoms with Gasteiger partial charge in [0.1, 0.15) is 6.67 Å². The molecule has 0 saturated heterocycles. The Kier molecular flexibility index (Phi) is 6.31. The zero-order valence-corrected chi connectivity index (χ0v) is 17.3. The fourth-order valence-electron chi connectivity index (χ4n) is 3.24. The minimum atomic E-state index is -0.997. The van der Waals surface area contributed by atoms with Crippen LogP contribution in [0.5, 0.6) is 0 Å². The number of hydrogen-bond donors (Lipinski definition) is 3. The van der Waals surface area contributed by atoms with E-state index < -0.39 is 5.97 Å². The molecule has 0 saturated carbocycles. The van der Waals surface area contributed by atoms with Crippen LogP contribution in [0.15, 0.2) is 90.0 Å². The highest BCUT2D eigenvalue weighted by Gasteiger charge is 2.21. The van der Waals surface area contributed by atoms with E-state index in [0.29, 0.717) is 18.2 Å². The Bertz CT molecular complexity index is 1100. The van der Waals surface area contributed by atoms with Crippen LogP contribution in [0.25, 0.3) is 0 Å². The van der Waals surface area contributed by atoms with Crippen LogP contribution in [0.4, 0.5) is 17.1 Å². The van der Waals surface area contributed by atoms with E-state index >= 15 is 0 Å². The summed E-state index contributed by atoms with van der Waals surface area (Å²) in [4.78, 5) is 22.5. The molecule has 1 aliphatic heterocycles. The Morgan fingerprint density at radius 2 is 1.50 bits per heavy atom. The molecule has 1 amide bonds. The van der Waals surface area contributed by atoms with Gasteiger partial charge in [0.05, 0.1) is 17.8 Å². The summed E-state index contributed by atoms with van der Waals surface area (Å²) < 4.78 is 0. The molecule has 0 spiro atoms. The molecule has 1 heterocycles. The summed E-state index contributed by atoms with van der Waals surface area (Å²) in [6.07, 6.45) is -0.265. The van der Waals surface area contributed by atoms with Crippen LogP contribution in [0.2, 0.25) is 0 Å². The van der Waals surface area contributed by atoms with Gasteiger partial charge < -0.3 is 10.4 Å². The van der Waals surface area contributed by atoms with Gasteiger partial charge in [-0.1, -0.05) is 36.4 Å². The molecule has 8 heteroatoms. The predicted molar refractivity (Wildman–Crippen MR) is 124 cm³/mol. The number of nitrogens with zero attached hydrogens (tertiary/aromatic N) is 3. The molecule has 4 rings (SSSR count). The number of benzene rings is 3. The molecule has 0 radical (unpaired) electrons. The molecule has 0 fully saturated rings. The maximum atomic E-state index is 11.9. The van der Waals surface area contributed by atoms with Crippen molar-refractivity contribution in [1.82, 2.24) is 5.43 Å². The molecule has 162 valence electrons. The standard InChI is InChI=1S/C24H23N5O3/c30-22(15-16-23(31)32)25-19-13-11-18(12-14-19)24-26-28(20-7-3-1-4-8-20)17-29(27-24)21-9-5-2-6-10-21/h1-14H,15-17H2,(H,25,30)(H,26,27)(H,31,32). The molecule has 3 aromatic rings. The van der Waals surface area contributed by atoms with Crippen molar-refractivity contribution in [3.63, 3.8) is 0 Å². The van der Waals surface area contributed by atoms with Crippen molar-refractivity contribution < 1.29 is 14.7 Å². The molecule has 0 atom stereocenters. The minimum Gasteiger partial charge on any atom is -0.481 e. The van der Waals surface area contributed by atoms with Crippen molar-refractivity contribution in [2.24, 2.45) is 5.10 Å². The van der Waals surface area contributed by atoms with Gasteiger partial charge >= 0.3 is 5.97 Å². The Balaban J connectivity index is 1.55. The summed E-state index contributed by atoms with van der Waals surface area (Å²) in [5.41, 5.74) is 6.78. The molecule has 1 aliphatic rings. The van der Waals surface area contributed by atoms with E-state index in [2.05, 4.69) is 10.7 Å². The Morgan fingerprint density at radius 1 is 0.875 bits per heavy atom. The first-order valence-corrected chi connectivity index (χ1v) is 10.2. The van der Waals surface area contributed by atoms with Crippen LogP contribution in [0.3, 0.4) is 0 Å². The van der Waals surface area contributed by atoms with Crippen LogP contribution < -0.4 is 20.8 Å². The van der Waals surface area contributed by atoms with Gasteiger partial charge in [0, 0.05) is 17.7 Å². The largest absolute Gasteiger partial charge is 0.481 e. The Labute approximate surface area is 185 Å². The van der Waals surface area contributed by atoms with E-state index in [1.807, 2.05) is 82.8 Å². The second-order valence-electron chi connectivity index (χ2n) is 7.22. The van der Waals surface area contributed by atoms with Gasteiger partial charge in [0.15, 0.2) is 5.84 Å². The number of hydrazone groups is 1. The molecule has 32 heavy (non-hydrogen) atoms. The second kappa shape index (κ2) is 9.65. The monoisotopic (exact) mass is 429 g/mol.